The number of rotatable bonds is 30. The minimum Gasteiger partial charge on any atom is -0.465 e. The summed E-state index contributed by atoms with van der Waals surface area (Å²) in [5.41, 5.74) is 0. The van der Waals surface area contributed by atoms with E-state index in [1.54, 1.807) is 0 Å². The molecule has 9 heteroatoms. The number of carbonyl (C=O) groups excluding carboxylic acids is 5. The maximum atomic E-state index is 12.1. The minimum atomic E-state index is -0.587. The summed E-state index contributed by atoms with van der Waals surface area (Å²) >= 11 is 0. The number of hydrogen-bond donors (Lipinski definition) is 1. The fourth-order valence-corrected chi connectivity index (χ4v) is 4.66. The number of amides is 1. The van der Waals surface area contributed by atoms with Gasteiger partial charge in [-0.2, -0.15) is 0 Å². The van der Waals surface area contributed by atoms with Gasteiger partial charge >= 0.3 is 17.9 Å². The molecule has 0 aliphatic carbocycles. The number of ketones is 1. The zero-order valence-electron chi connectivity index (χ0n) is 27.5. The first kappa shape index (κ1) is 40.5. The number of esters is 3. The summed E-state index contributed by atoms with van der Waals surface area (Å²) in [4.78, 5) is 59.8. The van der Waals surface area contributed by atoms with Crippen LogP contribution in [0.15, 0.2) is 0 Å². The van der Waals surface area contributed by atoms with Gasteiger partial charge in [0.1, 0.15) is 12.4 Å². The van der Waals surface area contributed by atoms with Crippen LogP contribution in [0.5, 0.6) is 0 Å². The predicted molar refractivity (Wildman–Crippen MR) is 168 cm³/mol. The number of carbonyl (C=O) groups is 5. The van der Waals surface area contributed by atoms with Gasteiger partial charge in [-0.3, -0.25) is 24.0 Å². The Kier molecular flexibility index (Phi) is 27.9. The molecule has 0 rings (SSSR count). The quantitative estimate of drug-likeness (QED) is 0.0515. The van der Waals surface area contributed by atoms with Gasteiger partial charge in [0.05, 0.1) is 32.6 Å². The molecule has 0 radical (unpaired) electrons. The van der Waals surface area contributed by atoms with Crippen molar-refractivity contribution in [3.05, 3.63) is 0 Å². The van der Waals surface area contributed by atoms with Gasteiger partial charge in [-0.05, 0) is 19.3 Å². The molecule has 43 heavy (non-hydrogen) atoms. The number of hydrogen-bond acceptors (Lipinski definition) is 8. The molecular weight excluding hydrogens is 550 g/mol. The lowest BCUT2D eigenvalue weighted by Gasteiger charge is -2.16. The van der Waals surface area contributed by atoms with Crippen LogP contribution >= 0.6 is 0 Å². The van der Waals surface area contributed by atoms with Crippen molar-refractivity contribution >= 4 is 29.6 Å². The van der Waals surface area contributed by atoms with Gasteiger partial charge in [0.2, 0.25) is 5.91 Å². The SMILES string of the molecule is CCCCCCCCCCCCCCCC(=O)NCCOC(=O)CCC(=O)OC[C@@H](COC(=O)CCC)CC(=O)CCC. The van der Waals surface area contributed by atoms with E-state index in [9.17, 15) is 24.0 Å². The molecule has 0 aromatic carbocycles. The minimum absolute atomic E-state index is 0.00862. The first-order chi connectivity index (χ1) is 20.8. The van der Waals surface area contributed by atoms with Crippen LogP contribution in [-0.2, 0) is 38.2 Å². The highest BCUT2D eigenvalue weighted by atomic mass is 16.5. The zero-order valence-corrected chi connectivity index (χ0v) is 27.5. The fraction of sp³-hybridized carbons (Fsp3) is 0.853. The van der Waals surface area contributed by atoms with Crippen LogP contribution in [-0.4, -0.2) is 56.0 Å². The third-order valence-electron chi connectivity index (χ3n) is 7.19. The second-order valence-electron chi connectivity index (χ2n) is 11.5. The van der Waals surface area contributed by atoms with E-state index < -0.39 is 17.9 Å². The lowest BCUT2D eigenvalue weighted by Crippen LogP contribution is -2.28. The average molecular weight is 612 g/mol. The molecule has 1 N–H and O–H groups in total. The topological polar surface area (TPSA) is 125 Å². The van der Waals surface area contributed by atoms with Crippen LogP contribution < -0.4 is 5.32 Å². The van der Waals surface area contributed by atoms with E-state index in [4.69, 9.17) is 14.2 Å². The molecule has 9 nitrogen and oxygen atoms in total. The van der Waals surface area contributed by atoms with Crippen LogP contribution in [0.1, 0.15) is 156 Å². The normalized spacial score (nSPS) is 11.5. The molecule has 0 aromatic rings. The average Bonchev–Trinajstić information content (AvgIpc) is 2.98. The number of ether oxygens (including phenoxy) is 3. The summed E-state index contributed by atoms with van der Waals surface area (Å²) in [5.74, 6) is -1.92. The Balaban J connectivity index is 3.85. The molecule has 0 aromatic heterocycles. The summed E-state index contributed by atoms with van der Waals surface area (Å²) in [6, 6.07) is 0. The van der Waals surface area contributed by atoms with Crippen molar-refractivity contribution in [2.24, 2.45) is 5.92 Å². The van der Waals surface area contributed by atoms with E-state index in [0.717, 1.165) is 19.3 Å². The number of Topliss-reactive ketones (excluding diaryl/α,β-unsaturated/α-hetero) is 1. The highest BCUT2D eigenvalue weighted by Gasteiger charge is 2.19. The van der Waals surface area contributed by atoms with Gasteiger partial charge in [0, 0.05) is 31.6 Å². The third-order valence-corrected chi connectivity index (χ3v) is 7.19. The molecule has 250 valence electrons. The summed E-state index contributed by atoms with van der Waals surface area (Å²) in [6.07, 6.45) is 18.8. The van der Waals surface area contributed by atoms with Gasteiger partial charge in [-0.25, -0.2) is 0 Å². The second kappa shape index (κ2) is 29.6. The van der Waals surface area contributed by atoms with Crippen molar-refractivity contribution in [3.63, 3.8) is 0 Å². The molecule has 0 spiro atoms. The first-order valence-corrected chi connectivity index (χ1v) is 17.1. The maximum absolute atomic E-state index is 12.1. The molecule has 0 aliphatic heterocycles. The Morgan fingerprint density at radius 2 is 0.977 bits per heavy atom. The smallest absolute Gasteiger partial charge is 0.306 e. The molecule has 1 atom stereocenters. The third kappa shape index (κ3) is 28.1. The Morgan fingerprint density at radius 1 is 0.512 bits per heavy atom. The van der Waals surface area contributed by atoms with E-state index >= 15 is 0 Å². The Morgan fingerprint density at radius 3 is 1.49 bits per heavy atom. The molecule has 0 aliphatic rings. The van der Waals surface area contributed by atoms with Crippen molar-refractivity contribution in [2.45, 2.75) is 156 Å². The molecule has 0 unspecified atom stereocenters. The molecule has 0 heterocycles. The summed E-state index contributed by atoms with van der Waals surface area (Å²) in [7, 11) is 0. The van der Waals surface area contributed by atoms with Crippen LogP contribution in [0.25, 0.3) is 0 Å². The molecule has 1 amide bonds. The first-order valence-electron chi connectivity index (χ1n) is 17.1. The summed E-state index contributed by atoms with van der Waals surface area (Å²) in [6.45, 7) is 6.25. The van der Waals surface area contributed by atoms with E-state index in [2.05, 4.69) is 12.2 Å². The van der Waals surface area contributed by atoms with Gasteiger partial charge in [-0.15, -0.1) is 0 Å². The summed E-state index contributed by atoms with van der Waals surface area (Å²) in [5, 5.41) is 2.76. The highest BCUT2D eigenvalue weighted by Crippen LogP contribution is 2.13. The van der Waals surface area contributed by atoms with Crippen molar-refractivity contribution in [3.8, 4) is 0 Å². The van der Waals surface area contributed by atoms with Gasteiger partial charge in [-0.1, -0.05) is 97.8 Å². The van der Waals surface area contributed by atoms with Crippen molar-refractivity contribution in [2.75, 3.05) is 26.4 Å². The van der Waals surface area contributed by atoms with Crippen LogP contribution in [0.2, 0.25) is 0 Å². The van der Waals surface area contributed by atoms with E-state index in [0.29, 0.717) is 32.1 Å². The van der Waals surface area contributed by atoms with Crippen LogP contribution in [0, 0.1) is 5.92 Å². The number of nitrogens with one attached hydrogen (secondary N) is 1. The second-order valence-corrected chi connectivity index (χ2v) is 11.5. The Bertz CT molecular complexity index is 755. The maximum Gasteiger partial charge on any atom is 0.306 e. The number of unbranched alkanes of at least 4 members (excludes halogenated alkanes) is 12. The van der Waals surface area contributed by atoms with E-state index in [1.807, 2.05) is 13.8 Å². The van der Waals surface area contributed by atoms with Crippen LogP contribution in [0.4, 0.5) is 0 Å². The van der Waals surface area contributed by atoms with Crippen LogP contribution in [0.3, 0.4) is 0 Å². The molecule has 0 saturated carbocycles. The van der Waals surface area contributed by atoms with Crippen molar-refractivity contribution in [1.82, 2.24) is 5.32 Å². The standard InChI is InChI=1S/C34H61NO8/c1-4-7-8-9-10-11-12-13-14-15-16-17-18-21-31(37)35-24-25-41-33(39)22-23-34(40)43-28-29(26-30(36)19-5-2)27-42-32(38)20-6-3/h29H,4-28H2,1-3H3,(H,35,37)/t29-/m1/s1. The Labute approximate surface area is 260 Å². The largest absolute Gasteiger partial charge is 0.465 e. The molecular formula is C34H61NO8. The van der Waals surface area contributed by atoms with E-state index in [1.165, 1.54) is 64.2 Å². The van der Waals surface area contributed by atoms with Crippen molar-refractivity contribution in [1.29, 1.82) is 0 Å². The molecule has 0 fully saturated rings. The van der Waals surface area contributed by atoms with Gasteiger partial charge < -0.3 is 19.5 Å². The summed E-state index contributed by atoms with van der Waals surface area (Å²) < 4.78 is 15.5. The van der Waals surface area contributed by atoms with Crippen molar-refractivity contribution < 1.29 is 38.2 Å². The predicted octanol–water partition coefficient (Wildman–Crippen LogP) is 7.17. The van der Waals surface area contributed by atoms with Gasteiger partial charge in [0.25, 0.3) is 0 Å². The zero-order chi connectivity index (χ0) is 32.0. The lowest BCUT2D eigenvalue weighted by atomic mass is 10.0. The lowest BCUT2D eigenvalue weighted by molar-refractivity contribution is -0.153. The molecule has 0 bridgehead atoms. The highest BCUT2D eigenvalue weighted by molar-refractivity contribution is 5.79. The molecule has 0 saturated heterocycles. The van der Waals surface area contributed by atoms with E-state index in [-0.39, 0.29) is 63.3 Å². The monoisotopic (exact) mass is 611 g/mol. The Hall–Kier alpha value is -2.45. The van der Waals surface area contributed by atoms with Gasteiger partial charge in [0.15, 0.2) is 0 Å². The fourth-order valence-electron chi connectivity index (χ4n) is 4.66.